The summed E-state index contributed by atoms with van der Waals surface area (Å²) in [7, 11) is 1.89. The number of carbonyl (C=O) groups is 1. The topological polar surface area (TPSA) is 90.1 Å². The Bertz CT molecular complexity index is 1320. The molecule has 1 fully saturated rings. The summed E-state index contributed by atoms with van der Waals surface area (Å²) in [5.74, 6) is -0.189. The van der Waals surface area contributed by atoms with Gasteiger partial charge in [-0.1, -0.05) is 26.0 Å². The minimum atomic E-state index is -0.676. The van der Waals surface area contributed by atoms with Crippen LogP contribution in [0.4, 0.5) is 14.5 Å². The Morgan fingerprint density at radius 1 is 1.18 bits per heavy atom. The third-order valence-electron chi connectivity index (χ3n) is 8.05. The highest BCUT2D eigenvalue weighted by atomic mass is 32.2. The maximum absolute atomic E-state index is 15.3. The van der Waals surface area contributed by atoms with E-state index in [1.54, 1.807) is 30.1 Å². The van der Waals surface area contributed by atoms with Crippen molar-refractivity contribution < 1.29 is 18.3 Å². The van der Waals surface area contributed by atoms with E-state index in [-0.39, 0.29) is 40.9 Å². The summed E-state index contributed by atoms with van der Waals surface area (Å²) in [5, 5.41) is 3.25. The van der Waals surface area contributed by atoms with E-state index in [9.17, 15) is 9.18 Å². The molecule has 2 heterocycles. The van der Waals surface area contributed by atoms with Crippen molar-refractivity contribution in [2.24, 2.45) is 17.1 Å². The van der Waals surface area contributed by atoms with Crippen LogP contribution in [0.15, 0.2) is 48.8 Å². The van der Waals surface area contributed by atoms with E-state index >= 15 is 4.39 Å². The Hall–Kier alpha value is -2.88. The van der Waals surface area contributed by atoms with Gasteiger partial charge in [0.1, 0.15) is 23.0 Å². The number of nitrogens with two attached hydrogens (primary N) is 1. The van der Waals surface area contributed by atoms with E-state index in [4.69, 9.17) is 10.5 Å². The summed E-state index contributed by atoms with van der Waals surface area (Å²) in [6, 6.07) is 9.02. The van der Waals surface area contributed by atoms with Gasteiger partial charge in [-0.15, -0.1) is 0 Å². The van der Waals surface area contributed by atoms with Gasteiger partial charge >= 0.3 is 0 Å². The predicted molar refractivity (Wildman–Crippen MR) is 158 cm³/mol. The molecule has 0 amide bonds. The molecule has 4 rings (SSSR count). The molecule has 0 radical (unpaired) electrons. The molecule has 40 heavy (non-hydrogen) atoms. The Kier molecular flexibility index (Phi) is 9.92. The van der Waals surface area contributed by atoms with E-state index in [0.29, 0.717) is 24.9 Å². The van der Waals surface area contributed by atoms with Gasteiger partial charge in [0.25, 0.3) is 0 Å². The number of rotatable bonds is 11. The number of thioether (sulfide) groups is 1. The molecule has 3 aromatic rings. The fourth-order valence-electron chi connectivity index (χ4n) is 6.09. The smallest absolute Gasteiger partial charge is 0.168 e. The second-order valence-electron chi connectivity index (χ2n) is 11.1. The maximum atomic E-state index is 15.3. The van der Waals surface area contributed by atoms with Crippen LogP contribution in [0.3, 0.4) is 0 Å². The van der Waals surface area contributed by atoms with Crippen LogP contribution in [0.25, 0.3) is 11.3 Å². The van der Waals surface area contributed by atoms with Crippen LogP contribution in [0, 0.1) is 23.0 Å². The molecule has 3 N–H and O–H groups in total. The van der Waals surface area contributed by atoms with Gasteiger partial charge < -0.3 is 15.8 Å². The van der Waals surface area contributed by atoms with Crippen LogP contribution < -0.4 is 11.1 Å². The van der Waals surface area contributed by atoms with Crippen molar-refractivity contribution >= 4 is 23.7 Å². The normalized spacial score (nSPS) is 21.3. The third kappa shape index (κ3) is 6.53. The van der Waals surface area contributed by atoms with Gasteiger partial charge in [0.05, 0.1) is 24.6 Å². The number of hydrogen-bond donors (Lipinski definition) is 2. The number of nitrogens with zero attached hydrogens (tertiary/aromatic N) is 2. The summed E-state index contributed by atoms with van der Waals surface area (Å²) in [5.41, 5.74) is 9.17. The lowest BCUT2D eigenvalue weighted by Crippen LogP contribution is -2.52. The van der Waals surface area contributed by atoms with Crippen LogP contribution >= 0.6 is 11.8 Å². The van der Waals surface area contributed by atoms with Crippen molar-refractivity contribution in [3.8, 4) is 11.3 Å². The Morgan fingerprint density at radius 2 is 1.98 bits per heavy atom. The van der Waals surface area contributed by atoms with Gasteiger partial charge in [0, 0.05) is 30.6 Å². The average molecular weight is 569 g/mol. The zero-order chi connectivity index (χ0) is 28.9. The molecular formula is C31H38F2N4O2S. The quantitative estimate of drug-likeness (QED) is 0.213. The van der Waals surface area contributed by atoms with Crippen molar-refractivity contribution in [1.82, 2.24) is 9.97 Å². The van der Waals surface area contributed by atoms with Gasteiger partial charge in [0.15, 0.2) is 6.29 Å². The zero-order valence-electron chi connectivity index (χ0n) is 23.5. The fraction of sp³-hybridized carbons (Fsp3) is 0.452. The van der Waals surface area contributed by atoms with Crippen LogP contribution in [0.5, 0.6) is 0 Å². The first-order chi connectivity index (χ1) is 19.2. The highest BCUT2D eigenvalue weighted by Gasteiger charge is 2.45. The first-order valence-electron chi connectivity index (χ1n) is 13.6. The SMILES string of the molecule is CNc1cnccc1C1CC(N)C(OCCSC)C(C(C)(C)Cc2cccc(F)c2-c2nc(C=O)ccc2F)C1. The fourth-order valence-corrected chi connectivity index (χ4v) is 6.36. The lowest BCUT2D eigenvalue weighted by atomic mass is 9.62. The number of aromatic nitrogens is 2. The summed E-state index contributed by atoms with van der Waals surface area (Å²) in [4.78, 5) is 19.8. The van der Waals surface area contributed by atoms with Gasteiger partial charge in [-0.05, 0) is 78.2 Å². The van der Waals surface area contributed by atoms with Crippen molar-refractivity contribution in [3.63, 3.8) is 0 Å². The molecule has 1 saturated carbocycles. The molecular weight excluding hydrogens is 530 g/mol. The maximum Gasteiger partial charge on any atom is 0.168 e. The standard InChI is InChI=1S/C31H38F2N4O2S/c1-31(2,16-19-6-5-7-24(32)28(19)29-25(33)9-8-21(18-38)37-29)23-14-20(22-10-11-36-17-27(22)35-3)15-26(34)30(23)39-12-13-40-4/h5-11,17-18,20,23,26,30,35H,12-16,34H2,1-4H3. The molecule has 4 unspecified atom stereocenters. The Balaban J connectivity index is 1.73. The molecule has 1 aliphatic rings. The van der Waals surface area contributed by atoms with Crippen LogP contribution in [-0.4, -0.2) is 54.1 Å². The first kappa shape index (κ1) is 30.1. The second-order valence-corrected chi connectivity index (χ2v) is 12.1. The summed E-state index contributed by atoms with van der Waals surface area (Å²) >= 11 is 1.72. The molecule has 0 aliphatic heterocycles. The molecule has 1 aliphatic carbocycles. The average Bonchev–Trinajstić information content (AvgIpc) is 2.94. The third-order valence-corrected chi connectivity index (χ3v) is 8.63. The van der Waals surface area contributed by atoms with E-state index in [2.05, 4.69) is 29.1 Å². The van der Waals surface area contributed by atoms with Crippen molar-refractivity contribution in [3.05, 3.63) is 77.2 Å². The minimum Gasteiger partial charge on any atom is -0.387 e. The number of aldehydes is 1. The van der Waals surface area contributed by atoms with Gasteiger partial charge in [-0.3, -0.25) is 9.78 Å². The van der Waals surface area contributed by atoms with Crippen LogP contribution in [0.1, 0.15) is 54.2 Å². The summed E-state index contributed by atoms with van der Waals surface area (Å²) < 4.78 is 36.7. The van der Waals surface area contributed by atoms with Crippen LogP contribution in [0.2, 0.25) is 0 Å². The molecule has 1 aromatic carbocycles. The molecule has 0 bridgehead atoms. The molecule has 0 spiro atoms. The van der Waals surface area contributed by atoms with Crippen LogP contribution in [-0.2, 0) is 11.2 Å². The van der Waals surface area contributed by atoms with E-state index in [1.807, 2.05) is 25.6 Å². The molecule has 9 heteroatoms. The van der Waals surface area contributed by atoms with Gasteiger partial charge in [-0.2, -0.15) is 11.8 Å². The predicted octanol–water partition coefficient (Wildman–Crippen LogP) is 6.11. The molecule has 2 aromatic heterocycles. The van der Waals surface area contributed by atoms with E-state index in [1.165, 1.54) is 17.7 Å². The lowest BCUT2D eigenvalue weighted by Gasteiger charge is -2.48. The largest absolute Gasteiger partial charge is 0.387 e. The van der Waals surface area contributed by atoms with E-state index in [0.717, 1.165) is 30.3 Å². The summed E-state index contributed by atoms with van der Waals surface area (Å²) in [6.45, 7) is 4.87. The Morgan fingerprint density at radius 3 is 2.70 bits per heavy atom. The Labute approximate surface area is 239 Å². The number of pyridine rings is 2. The molecule has 4 atom stereocenters. The van der Waals surface area contributed by atoms with E-state index < -0.39 is 17.0 Å². The first-order valence-corrected chi connectivity index (χ1v) is 15.0. The second kappa shape index (κ2) is 13.2. The molecule has 6 nitrogen and oxygen atoms in total. The minimum absolute atomic E-state index is 0.0243. The van der Waals surface area contributed by atoms with Crippen molar-refractivity contribution in [1.29, 1.82) is 0 Å². The highest BCUT2D eigenvalue weighted by molar-refractivity contribution is 7.98. The van der Waals surface area contributed by atoms with Crippen molar-refractivity contribution in [2.45, 2.75) is 51.2 Å². The van der Waals surface area contributed by atoms with Gasteiger partial charge in [0.2, 0.25) is 0 Å². The molecule has 214 valence electrons. The highest BCUT2D eigenvalue weighted by Crippen LogP contribution is 2.48. The summed E-state index contributed by atoms with van der Waals surface area (Å²) in [6.07, 6.45) is 8.05. The number of halogens is 2. The monoisotopic (exact) mass is 568 g/mol. The number of ether oxygens (including phenoxy) is 1. The van der Waals surface area contributed by atoms with Crippen molar-refractivity contribution in [2.75, 3.05) is 31.0 Å². The van der Waals surface area contributed by atoms with Gasteiger partial charge in [-0.25, -0.2) is 13.8 Å². The zero-order valence-corrected chi connectivity index (χ0v) is 24.3. The number of carbonyl (C=O) groups excluding carboxylic acids is 1. The number of benzene rings is 1. The number of hydrogen-bond acceptors (Lipinski definition) is 7. The molecule has 0 saturated heterocycles. The number of nitrogens with one attached hydrogen (secondary N) is 1. The lowest BCUT2D eigenvalue weighted by molar-refractivity contribution is -0.0624. The number of anilines is 1.